The Kier molecular flexibility index (Phi) is 2.88. The number of fused-ring (bicyclic) bond motifs is 2. The molecule has 2 aromatic rings. The summed E-state index contributed by atoms with van der Waals surface area (Å²) in [4.78, 5) is 7.30. The first-order valence-corrected chi connectivity index (χ1v) is 7.52. The van der Waals surface area contributed by atoms with Crippen LogP contribution in [0.1, 0.15) is 37.3 Å². The van der Waals surface area contributed by atoms with Crippen LogP contribution in [-0.4, -0.2) is 29.0 Å². The fourth-order valence-corrected chi connectivity index (χ4v) is 3.90. The van der Waals surface area contributed by atoms with Crippen LogP contribution in [0.3, 0.4) is 0 Å². The van der Waals surface area contributed by atoms with Gasteiger partial charge in [0.2, 0.25) is 0 Å². The molecule has 0 aliphatic carbocycles. The molecular weight excluding hydrogens is 248 g/mol. The van der Waals surface area contributed by atoms with Crippen molar-refractivity contribution in [1.82, 2.24) is 9.88 Å². The highest BCUT2D eigenvalue weighted by molar-refractivity contribution is 5.60. The van der Waals surface area contributed by atoms with Crippen molar-refractivity contribution in [3.8, 4) is 11.1 Å². The van der Waals surface area contributed by atoms with Crippen molar-refractivity contribution >= 4 is 0 Å². The molecule has 2 aliphatic heterocycles. The zero-order valence-electron chi connectivity index (χ0n) is 11.8. The molecule has 20 heavy (non-hydrogen) atoms. The first-order chi connectivity index (χ1) is 9.81. The van der Waals surface area contributed by atoms with Gasteiger partial charge >= 0.3 is 0 Å². The largest absolute Gasteiger partial charge is 0.472 e. The molecule has 3 heteroatoms. The van der Waals surface area contributed by atoms with Gasteiger partial charge in [-0.15, -0.1) is 0 Å². The highest BCUT2D eigenvalue weighted by atomic mass is 16.3. The van der Waals surface area contributed by atoms with E-state index in [9.17, 15) is 0 Å². The van der Waals surface area contributed by atoms with Crippen molar-refractivity contribution in [2.75, 3.05) is 7.05 Å². The normalized spacial score (nSPS) is 29.8. The van der Waals surface area contributed by atoms with Crippen molar-refractivity contribution in [3.63, 3.8) is 0 Å². The van der Waals surface area contributed by atoms with Gasteiger partial charge in [-0.25, -0.2) is 0 Å². The topological polar surface area (TPSA) is 29.3 Å². The van der Waals surface area contributed by atoms with Crippen LogP contribution in [0.5, 0.6) is 0 Å². The van der Waals surface area contributed by atoms with Crippen LogP contribution in [-0.2, 0) is 0 Å². The van der Waals surface area contributed by atoms with Crippen LogP contribution in [0.15, 0.2) is 41.3 Å². The zero-order valence-corrected chi connectivity index (χ0v) is 11.8. The lowest BCUT2D eigenvalue weighted by molar-refractivity contribution is 0.160. The molecule has 104 valence electrons. The SMILES string of the molecule is CN1C2CCC1CC(c1ccc(-c3ccoc3)cn1)C2. The Balaban J connectivity index is 1.55. The van der Waals surface area contributed by atoms with E-state index in [0.29, 0.717) is 5.92 Å². The molecule has 2 atom stereocenters. The Morgan fingerprint density at radius 1 is 1.10 bits per heavy atom. The van der Waals surface area contributed by atoms with Gasteiger partial charge in [-0.1, -0.05) is 6.07 Å². The van der Waals surface area contributed by atoms with Crippen LogP contribution < -0.4 is 0 Å². The molecule has 2 bridgehead atoms. The van der Waals surface area contributed by atoms with Crippen LogP contribution in [0.4, 0.5) is 0 Å². The van der Waals surface area contributed by atoms with Crippen LogP contribution >= 0.6 is 0 Å². The first-order valence-electron chi connectivity index (χ1n) is 7.52. The van der Waals surface area contributed by atoms with Gasteiger partial charge in [-0.2, -0.15) is 0 Å². The standard InChI is InChI=1S/C17H20N2O/c1-19-15-3-4-16(19)9-14(8-15)17-5-2-12(10-18-17)13-6-7-20-11-13/h2,5-7,10-11,14-16H,3-4,8-9H2,1H3. The maximum atomic E-state index is 5.13. The first kappa shape index (κ1) is 12.2. The number of rotatable bonds is 2. The van der Waals surface area contributed by atoms with Crippen LogP contribution in [0, 0.1) is 0 Å². The third kappa shape index (κ3) is 1.97. The van der Waals surface area contributed by atoms with E-state index in [2.05, 4.69) is 24.1 Å². The smallest absolute Gasteiger partial charge is 0.0981 e. The Hall–Kier alpha value is -1.61. The van der Waals surface area contributed by atoms with E-state index < -0.39 is 0 Å². The molecule has 4 rings (SSSR count). The minimum Gasteiger partial charge on any atom is -0.472 e. The lowest BCUT2D eigenvalue weighted by Gasteiger charge is -2.36. The number of hydrogen-bond donors (Lipinski definition) is 0. The fraction of sp³-hybridized carbons (Fsp3) is 0.471. The Morgan fingerprint density at radius 2 is 1.90 bits per heavy atom. The Bertz CT molecular complexity index is 562. The summed E-state index contributed by atoms with van der Waals surface area (Å²) in [5.74, 6) is 0.641. The summed E-state index contributed by atoms with van der Waals surface area (Å²) in [7, 11) is 2.29. The Labute approximate surface area is 119 Å². The summed E-state index contributed by atoms with van der Waals surface area (Å²) in [5, 5.41) is 0. The van der Waals surface area contributed by atoms with E-state index in [0.717, 1.165) is 23.2 Å². The maximum Gasteiger partial charge on any atom is 0.0981 e. The average molecular weight is 268 g/mol. The molecular formula is C17H20N2O. The van der Waals surface area contributed by atoms with E-state index in [1.807, 2.05) is 12.3 Å². The van der Waals surface area contributed by atoms with Gasteiger partial charge in [0.05, 0.1) is 12.5 Å². The number of piperidine rings is 1. The fourth-order valence-electron chi connectivity index (χ4n) is 3.90. The third-order valence-corrected chi connectivity index (χ3v) is 5.16. The van der Waals surface area contributed by atoms with Crippen molar-refractivity contribution in [1.29, 1.82) is 0 Å². The van der Waals surface area contributed by atoms with Gasteiger partial charge in [0, 0.05) is 41.0 Å². The molecule has 0 spiro atoms. The molecule has 2 unspecified atom stereocenters. The summed E-state index contributed by atoms with van der Waals surface area (Å²) < 4.78 is 5.13. The number of pyridine rings is 1. The second kappa shape index (κ2) is 4.74. The van der Waals surface area contributed by atoms with Gasteiger partial charge in [-0.3, -0.25) is 4.98 Å². The number of hydrogen-bond acceptors (Lipinski definition) is 3. The molecule has 2 fully saturated rings. The number of aromatic nitrogens is 1. The predicted molar refractivity (Wildman–Crippen MR) is 78.5 cm³/mol. The monoisotopic (exact) mass is 268 g/mol. The Morgan fingerprint density at radius 3 is 2.50 bits per heavy atom. The summed E-state index contributed by atoms with van der Waals surface area (Å²) >= 11 is 0. The minimum atomic E-state index is 0.641. The van der Waals surface area contributed by atoms with E-state index in [1.54, 1.807) is 12.5 Å². The summed E-state index contributed by atoms with van der Waals surface area (Å²) in [5.41, 5.74) is 3.51. The quantitative estimate of drug-likeness (QED) is 0.832. The second-order valence-electron chi connectivity index (χ2n) is 6.20. The third-order valence-electron chi connectivity index (χ3n) is 5.16. The van der Waals surface area contributed by atoms with Crippen molar-refractivity contribution < 1.29 is 4.42 Å². The van der Waals surface area contributed by atoms with Crippen molar-refractivity contribution in [2.24, 2.45) is 0 Å². The molecule has 0 aromatic carbocycles. The molecule has 3 nitrogen and oxygen atoms in total. The second-order valence-corrected chi connectivity index (χ2v) is 6.20. The molecule has 0 amide bonds. The molecule has 0 radical (unpaired) electrons. The van der Waals surface area contributed by atoms with E-state index in [1.165, 1.54) is 31.4 Å². The minimum absolute atomic E-state index is 0.641. The molecule has 2 saturated heterocycles. The molecule has 2 aliphatic rings. The van der Waals surface area contributed by atoms with Gasteiger partial charge in [0.15, 0.2) is 0 Å². The van der Waals surface area contributed by atoms with E-state index in [4.69, 9.17) is 9.40 Å². The maximum absolute atomic E-state index is 5.13. The highest BCUT2D eigenvalue weighted by Gasteiger charge is 2.39. The lowest BCUT2D eigenvalue weighted by atomic mass is 9.88. The molecule has 2 aromatic heterocycles. The predicted octanol–water partition coefficient (Wildman–Crippen LogP) is 3.68. The summed E-state index contributed by atoms with van der Waals surface area (Å²) in [6.45, 7) is 0. The van der Waals surface area contributed by atoms with Gasteiger partial charge in [0.25, 0.3) is 0 Å². The highest BCUT2D eigenvalue weighted by Crippen LogP contribution is 2.41. The van der Waals surface area contributed by atoms with Gasteiger partial charge in [-0.05, 0) is 44.9 Å². The van der Waals surface area contributed by atoms with Crippen molar-refractivity contribution in [2.45, 2.75) is 43.7 Å². The van der Waals surface area contributed by atoms with Gasteiger partial charge in [0.1, 0.15) is 0 Å². The average Bonchev–Trinajstić information content (AvgIpc) is 3.06. The zero-order chi connectivity index (χ0) is 13.5. The lowest BCUT2D eigenvalue weighted by Crippen LogP contribution is -2.39. The van der Waals surface area contributed by atoms with E-state index >= 15 is 0 Å². The molecule has 4 heterocycles. The van der Waals surface area contributed by atoms with Crippen LogP contribution in [0.25, 0.3) is 11.1 Å². The summed E-state index contributed by atoms with van der Waals surface area (Å²) in [6.07, 6.45) is 10.7. The molecule has 0 saturated carbocycles. The van der Waals surface area contributed by atoms with Crippen molar-refractivity contribution in [3.05, 3.63) is 42.6 Å². The molecule has 0 N–H and O–H groups in total. The van der Waals surface area contributed by atoms with E-state index in [-0.39, 0.29) is 0 Å². The van der Waals surface area contributed by atoms with Crippen LogP contribution in [0.2, 0.25) is 0 Å². The summed E-state index contributed by atoms with van der Waals surface area (Å²) in [6, 6.07) is 7.90. The van der Waals surface area contributed by atoms with Gasteiger partial charge < -0.3 is 9.32 Å². The number of furan rings is 1. The number of nitrogens with zero attached hydrogens (tertiary/aromatic N) is 2.